The van der Waals surface area contributed by atoms with Crippen molar-refractivity contribution in [2.45, 2.75) is 62.4 Å². The smallest absolute Gasteiger partial charge is 0.336 e. The minimum absolute atomic E-state index is 0.143. The molecule has 2 heterocycles. The van der Waals surface area contributed by atoms with Crippen LogP contribution in [0.4, 0.5) is 0 Å². The predicted molar refractivity (Wildman–Crippen MR) is 109 cm³/mol. The predicted octanol–water partition coefficient (Wildman–Crippen LogP) is -1.21. The van der Waals surface area contributed by atoms with E-state index >= 15 is 0 Å². The molecule has 32 heavy (non-hydrogen) atoms. The second-order valence-electron chi connectivity index (χ2n) is 8.24. The summed E-state index contributed by atoms with van der Waals surface area (Å²) < 4.78 is 21.7. The van der Waals surface area contributed by atoms with E-state index in [1.54, 1.807) is 0 Å². The van der Waals surface area contributed by atoms with Gasteiger partial charge in [0.2, 0.25) is 0 Å². The van der Waals surface area contributed by atoms with Gasteiger partial charge in [-0.15, -0.1) is 0 Å². The van der Waals surface area contributed by atoms with Gasteiger partial charge in [-0.1, -0.05) is 0 Å². The lowest BCUT2D eigenvalue weighted by atomic mass is 9.91. The summed E-state index contributed by atoms with van der Waals surface area (Å²) in [5, 5.41) is 61.7. The minimum atomic E-state index is -1.73. The van der Waals surface area contributed by atoms with Crippen molar-refractivity contribution in [2.24, 2.45) is 0 Å². The Hall–Kier alpha value is -2.09. The molecule has 7 atom stereocenters. The van der Waals surface area contributed by atoms with Crippen molar-refractivity contribution in [3.8, 4) is 5.75 Å². The lowest BCUT2D eigenvalue weighted by Gasteiger charge is -2.42. The molecule has 0 unspecified atom stereocenters. The summed E-state index contributed by atoms with van der Waals surface area (Å²) in [5.74, 6) is 0.143. The van der Waals surface area contributed by atoms with Crippen LogP contribution in [0.3, 0.4) is 0 Å². The van der Waals surface area contributed by atoms with Crippen molar-refractivity contribution in [3.05, 3.63) is 40.2 Å². The first-order valence-electron chi connectivity index (χ1n) is 9.96. The molecular formula is C21H28O11. The van der Waals surface area contributed by atoms with Gasteiger partial charge in [0.15, 0.2) is 6.29 Å². The fourth-order valence-corrected chi connectivity index (χ4v) is 3.53. The van der Waals surface area contributed by atoms with Gasteiger partial charge in [0, 0.05) is 23.1 Å². The van der Waals surface area contributed by atoms with E-state index in [4.69, 9.17) is 18.6 Å². The first-order valence-corrected chi connectivity index (χ1v) is 9.96. The van der Waals surface area contributed by atoms with Crippen LogP contribution in [0.5, 0.6) is 5.75 Å². The van der Waals surface area contributed by atoms with Crippen LogP contribution in [0.25, 0.3) is 11.0 Å². The first-order chi connectivity index (χ1) is 15.0. The standard InChI is InChI=1S/C21H28O11/c1-21(2,28)19(27)18(32-20-17(26)16(25)15(24)13(8-22)31-20)10-6-9-4-5-14(23)30-11(9)7-12(10)29-3/h4-7,13,15-20,22,24-28H,8H2,1-3H3/t13-,15-,16+,17-,18+,19-,20-/m1/s1. The van der Waals surface area contributed by atoms with E-state index in [0.29, 0.717) is 5.39 Å². The van der Waals surface area contributed by atoms with Crippen molar-refractivity contribution in [1.82, 2.24) is 0 Å². The third kappa shape index (κ3) is 4.80. The molecule has 0 radical (unpaired) electrons. The molecular weight excluding hydrogens is 428 g/mol. The van der Waals surface area contributed by atoms with Gasteiger partial charge in [-0.2, -0.15) is 0 Å². The average Bonchev–Trinajstić information content (AvgIpc) is 2.75. The quantitative estimate of drug-likeness (QED) is 0.275. The Kier molecular flexibility index (Phi) is 7.22. The molecule has 1 aliphatic heterocycles. The zero-order chi connectivity index (χ0) is 23.8. The Morgan fingerprint density at radius 1 is 1.12 bits per heavy atom. The fourth-order valence-electron chi connectivity index (χ4n) is 3.53. The van der Waals surface area contributed by atoms with Gasteiger partial charge in [-0.3, -0.25) is 0 Å². The largest absolute Gasteiger partial charge is 0.496 e. The normalized spacial score (nSPS) is 28.5. The van der Waals surface area contributed by atoms with Crippen molar-refractivity contribution in [3.63, 3.8) is 0 Å². The molecule has 0 amide bonds. The molecule has 1 saturated heterocycles. The van der Waals surface area contributed by atoms with Crippen molar-refractivity contribution in [1.29, 1.82) is 0 Å². The first kappa shape index (κ1) is 24.6. The SMILES string of the molecule is COc1cc2oc(=O)ccc2cc1[C@H](O[C@H]1O[C@H](CO)[C@@H](O)[C@H](O)[C@H]1O)[C@@H](O)C(C)(C)O. The second-order valence-corrected chi connectivity index (χ2v) is 8.24. The van der Waals surface area contributed by atoms with Crippen LogP contribution < -0.4 is 10.4 Å². The summed E-state index contributed by atoms with van der Waals surface area (Å²) >= 11 is 0. The van der Waals surface area contributed by atoms with Crippen molar-refractivity contribution >= 4 is 11.0 Å². The second kappa shape index (κ2) is 9.41. The van der Waals surface area contributed by atoms with E-state index in [-0.39, 0.29) is 16.9 Å². The molecule has 2 aromatic rings. The minimum Gasteiger partial charge on any atom is -0.496 e. The molecule has 0 spiro atoms. The van der Waals surface area contributed by atoms with E-state index in [1.165, 1.54) is 45.2 Å². The van der Waals surface area contributed by atoms with Crippen LogP contribution in [-0.4, -0.2) is 86.8 Å². The van der Waals surface area contributed by atoms with Gasteiger partial charge < -0.3 is 49.3 Å². The number of methoxy groups -OCH3 is 1. The fraction of sp³-hybridized carbons (Fsp3) is 0.571. The summed E-state index contributed by atoms with van der Waals surface area (Å²) in [5.41, 5.74) is -1.83. The molecule has 1 aromatic carbocycles. The topological polar surface area (TPSA) is 179 Å². The number of ether oxygens (including phenoxy) is 3. The summed E-state index contributed by atoms with van der Waals surface area (Å²) in [6.45, 7) is 2.02. The highest BCUT2D eigenvalue weighted by molar-refractivity contribution is 5.79. The summed E-state index contributed by atoms with van der Waals surface area (Å²) in [4.78, 5) is 11.5. The molecule has 3 rings (SSSR count). The lowest BCUT2D eigenvalue weighted by Crippen LogP contribution is -2.60. The van der Waals surface area contributed by atoms with Crippen LogP contribution in [0.1, 0.15) is 25.5 Å². The number of fused-ring (bicyclic) bond motifs is 1. The van der Waals surface area contributed by atoms with Crippen molar-refractivity contribution in [2.75, 3.05) is 13.7 Å². The zero-order valence-corrected chi connectivity index (χ0v) is 17.8. The van der Waals surface area contributed by atoms with Crippen LogP contribution in [0.2, 0.25) is 0 Å². The van der Waals surface area contributed by atoms with Gasteiger partial charge >= 0.3 is 5.63 Å². The third-order valence-corrected chi connectivity index (χ3v) is 5.42. The number of benzene rings is 1. The van der Waals surface area contributed by atoms with E-state index in [9.17, 15) is 35.4 Å². The summed E-state index contributed by atoms with van der Waals surface area (Å²) in [7, 11) is 1.34. The highest BCUT2D eigenvalue weighted by Gasteiger charge is 2.47. The molecule has 0 bridgehead atoms. The molecule has 0 saturated carbocycles. The molecule has 11 heteroatoms. The van der Waals surface area contributed by atoms with E-state index in [2.05, 4.69) is 0 Å². The van der Waals surface area contributed by atoms with E-state index in [1.807, 2.05) is 0 Å². The van der Waals surface area contributed by atoms with E-state index in [0.717, 1.165) is 0 Å². The van der Waals surface area contributed by atoms with Gasteiger partial charge in [0.1, 0.15) is 48.0 Å². The Morgan fingerprint density at radius 3 is 2.41 bits per heavy atom. The number of rotatable bonds is 7. The molecule has 6 N–H and O–H groups in total. The highest BCUT2D eigenvalue weighted by atomic mass is 16.7. The number of aliphatic hydroxyl groups excluding tert-OH is 5. The maximum Gasteiger partial charge on any atom is 0.336 e. The monoisotopic (exact) mass is 456 g/mol. The zero-order valence-electron chi connectivity index (χ0n) is 17.8. The molecule has 178 valence electrons. The average molecular weight is 456 g/mol. The summed E-state index contributed by atoms with van der Waals surface area (Å²) in [6, 6.07) is 5.62. The summed E-state index contributed by atoms with van der Waals surface area (Å²) in [6.07, 6.45) is -10.8. The number of hydrogen-bond donors (Lipinski definition) is 6. The Bertz CT molecular complexity index is 980. The number of aliphatic hydroxyl groups is 6. The number of hydrogen-bond acceptors (Lipinski definition) is 11. The van der Waals surface area contributed by atoms with Crippen molar-refractivity contribution < 1.29 is 49.3 Å². The van der Waals surface area contributed by atoms with Crippen LogP contribution in [0.15, 0.2) is 33.5 Å². The molecule has 11 nitrogen and oxygen atoms in total. The molecule has 1 aliphatic rings. The van der Waals surface area contributed by atoms with Crippen LogP contribution >= 0.6 is 0 Å². The van der Waals surface area contributed by atoms with Crippen LogP contribution in [-0.2, 0) is 9.47 Å². The Balaban J connectivity index is 2.07. The molecule has 1 aromatic heterocycles. The molecule has 1 fully saturated rings. The van der Waals surface area contributed by atoms with Gasteiger partial charge in [-0.25, -0.2) is 4.79 Å². The highest BCUT2D eigenvalue weighted by Crippen LogP contribution is 2.38. The third-order valence-electron chi connectivity index (χ3n) is 5.42. The molecule has 0 aliphatic carbocycles. The van der Waals surface area contributed by atoms with Crippen LogP contribution in [0, 0.1) is 0 Å². The van der Waals surface area contributed by atoms with Gasteiger partial charge in [0.25, 0.3) is 0 Å². The Morgan fingerprint density at radius 2 is 1.81 bits per heavy atom. The van der Waals surface area contributed by atoms with Gasteiger partial charge in [-0.05, 0) is 26.0 Å². The van der Waals surface area contributed by atoms with E-state index < -0.39 is 60.7 Å². The lowest BCUT2D eigenvalue weighted by molar-refractivity contribution is -0.322. The Labute approximate surface area is 183 Å². The van der Waals surface area contributed by atoms with Gasteiger partial charge in [0.05, 0.1) is 19.3 Å². The maximum atomic E-state index is 11.5. The maximum absolute atomic E-state index is 11.5.